The molecule has 0 unspecified atom stereocenters. The van der Waals surface area contributed by atoms with Crippen molar-refractivity contribution in [2.75, 3.05) is 0 Å². The molecule has 0 saturated heterocycles. The molecule has 2 aromatic carbocycles. The molecule has 7 nitrogen and oxygen atoms in total. The number of rotatable bonds is 6. The second-order valence-corrected chi connectivity index (χ2v) is 7.15. The van der Waals surface area contributed by atoms with Gasteiger partial charge in [0.05, 0.1) is 10.9 Å². The first-order valence-corrected chi connectivity index (χ1v) is 9.77. The first kappa shape index (κ1) is 19.1. The predicted molar refractivity (Wildman–Crippen MR) is 111 cm³/mol. The van der Waals surface area contributed by atoms with Crippen molar-refractivity contribution in [2.24, 2.45) is 0 Å². The van der Waals surface area contributed by atoms with Gasteiger partial charge in [0.1, 0.15) is 6.54 Å². The maximum absolute atomic E-state index is 13.0. The topological polar surface area (TPSA) is 82.9 Å². The van der Waals surface area contributed by atoms with Crippen molar-refractivity contribution in [1.29, 1.82) is 0 Å². The van der Waals surface area contributed by atoms with Gasteiger partial charge in [0.2, 0.25) is 11.7 Å². The van der Waals surface area contributed by atoms with Crippen LogP contribution < -0.4 is 11.2 Å². The van der Waals surface area contributed by atoms with Gasteiger partial charge in [0, 0.05) is 17.1 Å². The Labute approximate surface area is 171 Å². The molecule has 0 N–H and O–H groups in total. The van der Waals surface area contributed by atoms with Crippen molar-refractivity contribution in [2.45, 2.75) is 32.9 Å². The summed E-state index contributed by atoms with van der Waals surface area (Å²) in [7, 11) is 0. The van der Waals surface area contributed by atoms with Crippen LogP contribution in [-0.2, 0) is 13.1 Å². The molecule has 0 amide bonds. The van der Waals surface area contributed by atoms with Crippen LogP contribution in [0, 0.1) is 0 Å². The van der Waals surface area contributed by atoms with Crippen LogP contribution >= 0.6 is 11.6 Å². The molecule has 0 saturated carbocycles. The first-order valence-electron chi connectivity index (χ1n) is 9.39. The summed E-state index contributed by atoms with van der Waals surface area (Å²) in [5.41, 5.74) is 0.645. The fraction of sp³-hybridized carbons (Fsp3) is 0.238. The minimum Gasteiger partial charge on any atom is -0.337 e. The molecule has 8 heteroatoms. The lowest BCUT2D eigenvalue weighted by atomic mass is 10.2. The van der Waals surface area contributed by atoms with Gasteiger partial charge < -0.3 is 4.52 Å². The van der Waals surface area contributed by atoms with Crippen LogP contribution in [-0.4, -0.2) is 19.3 Å². The molecule has 0 aliphatic carbocycles. The average Bonchev–Trinajstić information content (AvgIpc) is 3.20. The third kappa shape index (κ3) is 3.73. The van der Waals surface area contributed by atoms with E-state index in [9.17, 15) is 9.59 Å². The molecule has 4 rings (SSSR count). The van der Waals surface area contributed by atoms with Gasteiger partial charge in [0.15, 0.2) is 0 Å². The summed E-state index contributed by atoms with van der Waals surface area (Å²) in [6.45, 7) is 2.46. The highest BCUT2D eigenvalue weighted by atomic mass is 35.5. The molecule has 2 aromatic heterocycles. The van der Waals surface area contributed by atoms with Gasteiger partial charge in [-0.2, -0.15) is 4.98 Å². The Morgan fingerprint density at radius 3 is 2.55 bits per heavy atom. The zero-order chi connectivity index (χ0) is 20.4. The van der Waals surface area contributed by atoms with Crippen molar-refractivity contribution in [3.05, 3.63) is 80.3 Å². The number of hydrogen-bond acceptors (Lipinski definition) is 5. The van der Waals surface area contributed by atoms with Crippen molar-refractivity contribution < 1.29 is 4.52 Å². The van der Waals surface area contributed by atoms with Gasteiger partial charge in [-0.1, -0.05) is 42.2 Å². The van der Waals surface area contributed by atoms with Crippen LogP contribution in [0.3, 0.4) is 0 Å². The van der Waals surface area contributed by atoms with Crippen LogP contribution in [0.1, 0.15) is 25.7 Å². The molecule has 2 heterocycles. The zero-order valence-corrected chi connectivity index (χ0v) is 16.6. The van der Waals surface area contributed by atoms with E-state index in [0.717, 1.165) is 18.4 Å². The van der Waals surface area contributed by atoms with Gasteiger partial charge in [-0.25, -0.2) is 4.79 Å². The quantitative estimate of drug-likeness (QED) is 0.483. The molecule has 0 bridgehead atoms. The van der Waals surface area contributed by atoms with Crippen molar-refractivity contribution in [3.8, 4) is 11.4 Å². The number of fused-ring (bicyclic) bond motifs is 1. The maximum atomic E-state index is 13.0. The number of nitrogens with zero attached hydrogens (tertiary/aromatic N) is 4. The van der Waals surface area contributed by atoms with Gasteiger partial charge >= 0.3 is 5.69 Å². The Morgan fingerprint density at radius 1 is 1.03 bits per heavy atom. The molecule has 0 aliphatic heterocycles. The molecule has 148 valence electrons. The lowest BCUT2D eigenvalue weighted by molar-refractivity contribution is 0.369. The van der Waals surface area contributed by atoms with Gasteiger partial charge in [-0.05, 0) is 42.8 Å². The van der Waals surface area contributed by atoms with Crippen molar-refractivity contribution in [1.82, 2.24) is 19.3 Å². The summed E-state index contributed by atoms with van der Waals surface area (Å²) >= 11 is 5.92. The van der Waals surface area contributed by atoms with E-state index >= 15 is 0 Å². The van der Waals surface area contributed by atoms with E-state index in [4.69, 9.17) is 16.1 Å². The molecule has 0 radical (unpaired) electrons. The Bertz CT molecular complexity index is 1270. The number of aromatic nitrogens is 4. The lowest BCUT2D eigenvalue weighted by Gasteiger charge is -2.12. The van der Waals surface area contributed by atoms with Gasteiger partial charge in [0.25, 0.3) is 5.56 Å². The highest BCUT2D eigenvalue weighted by Crippen LogP contribution is 2.19. The fourth-order valence-electron chi connectivity index (χ4n) is 3.21. The summed E-state index contributed by atoms with van der Waals surface area (Å²) in [6.07, 6.45) is 1.63. The summed E-state index contributed by atoms with van der Waals surface area (Å²) < 4.78 is 8.15. The fourth-order valence-corrected chi connectivity index (χ4v) is 3.33. The van der Waals surface area contributed by atoms with Crippen molar-refractivity contribution >= 4 is 22.5 Å². The summed E-state index contributed by atoms with van der Waals surface area (Å²) in [4.78, 5) is 30.2. The van der Waals surface area contributed by atoms with E-state index in [1.54, 1.807) is 48.5 Å². The highest BCUT2D eigenvalue weighted by Gasteiger charge is 2.16. The monoisotopic (exact) mass is 410 g/mol. The maximum Gasteiger partial charge on any atom is 0.331 e. The lowest BCUT2D eigenvalue weighted by Crippen LogP contribution is -2.40. The van der Waals surface area contributed by atoms with E-state index in [0.29, 0.717) is 28.3 Å². The van der Waals surface area contributed by atoms with Crippen molar-refractivity contribution in [3.63, 3.8) is 0 Å². The molecule has 0 fully saturated rings. The van der Waals surface area contributed by atoms with E-state index in [1.165, 1.54) is 9.13 Å². The Hall–Kier alpha value is -3.19. The second-order valence-electron chi connectivity index (χ2n) is 6.71. The van der Waals surface area contributed by atoms with Crippen LogP contribution in [0.15, 0.2) is 62.6 Å². The normalized spacial score (nSPS) is 11.2. The number of benzene rings is 2. The minimum absolute atomic E-state index is 0.0757. The molecule has 0 atom stereocenters. The Balaban J connectivity index is 1.77. The number of hydrogen-bond donors (Lipinski definition) is 0. The summed E-state index contributed by atoms with van der Waals surface area (Å²) in [5, 5.41) is 5.10. The Morgan fingerprint density at radius 2 is 1.79 bits per heavy atom. The number of para-hydroxylation sites is 1. The van der Waals surface area contributed by atoms with Gasteiger partial charge in [-0.3, -0.25) is 13.9 Å². The molecule has 0 aliphatic rings. The van der Waals surface area contributed by atoms with Gasteiger partial charge in [-0.15, -0.1) is 0 Å². The molecule has 4 aromatic rings. The summed E-state index contributed by atoms with van der Waals surface area (Å²) in [6, 6.07) is 14.1. The number of halogens is 1. The first-order chi connectivity index (χ1) is 14.1. The standard InChI is InChI=1S/C21H19ClN4O3/c1-2-3-12-25-20(27)16-6-4-5-7-17(16)26(21(25)28)13-18-23-19(24-29-18)14-8-10-15(22)11-9-14/h4-11H,2-3,12-13H2,1H3. The van der Waals surface area contributed by atoms with Crippen LogP contribution in [0.4, 0.5) is 0 Å². The minimum atomic E-state index is -0.381. The van der Waals surface area contributed by atoms with Crippen LogP contribution in [0.25, 0.3) is 22.3 Å². The molecular formula is C21H19ClN4O3. The Kier molecular flexibility index (Phi) is 5.31. The van der Waals surface area contributed by atoms with E-state index < -0.39 is 0 Å². The molecule has 29 heavy (non-hydrogen) atoms. The second kappa shape index (κ2) is 8.05. The van der Waals surface area contributed by atoms with E-state index in [2.05, 4.69) is 10.1 Å². The SMILES string of the molecule is CCCCn1c(=O)c2ccccc2n(Cc2nc(-c3ccc(Cl)cc3)no2)c1=O. The smallest absolute Gasteiger partial charge is 0.331 e. The zero-order valence-electron chi connectivity index (χ0n) is 15.8. The molecule has 0 spiro atoms. The highest BCUT2D eigenvalue weighted by molar-refractivity contribution is 6.30. The van der Waals surface area contributed by atoms with E-state index in [1.807, 2.05) is 6.92 Å². The van der Waals surface area contributed by atoms with Crippen LogP contribution in [0.2, 0.25) is 5.02 Å². The number of unbranched alkanes of at least 4 members (excludes halogenated alkanes) is 1. The van der Waals surface area contributed by atoms with Crippen LogP contribution in [0.5, 0.6) is 0 Å². The third-order valence-electron chi connectivity index (χ3n) is 4.73. The predicted octanol–water partition coefficient (Wildman–Crippen LogP) is 3.72. The average molecular weight is 411 g/mol. The largest absolute Gasteiger partial charge is 0.337 e. The summed E-state index contributed by atoms with van der Waals surface area (Å²) in [5.74, 6) is 0.691. The third-order valence-corrected chi connectivity index (χ3v) is 4.98. The van der Waals surface area contributed by atoms with E-state index in [-0.39, 0.29) is 23.7 Å². The molecular weight excluding hydrogens is 392 g/mol.